The van der Waals surface area contributed by atoms with E-state index in [-0.39, 0.29) is 29.3 Å². The minimum absolute atomic E-state index is 0.0594. The molecular weight excluding hydrogens is 428 g/mol. The average molecular weight is 457 g/mol. The smallest absolute Gasteiger partial charge is 0.231 e. The number of ether oxygens (including phenoxy) is 3. The summed E-state index contributed by atoms with van der Waals surface area (Å²) in [4.78, 5) is 25.4. The fourth-order valence-corrected chi connectivity index (χ4v) is 3.76. The van der Waals surface area contributed by atoms with Gasteiger partial charge >= 0.3 is 0 Å². The summed E-state index contributed by atoms with van der Waals surface area (Å²) in [7, 11) is 1.58. The molecule has 0 spiro atoms. The van der Waals surface area contributed by atoms with Gasteiger partial charge in [0.2, 0.25) is 5.78 Å². The van der Waals surface area contributed by atoms with Crippen LogP contribution in [0.3, 0.4) is 0 Å². The molecular formula is C29H28O5. The molecule has 0 aliphatic carbocycles. The van der Waals surface area contributed by atoms with E-state index in [1.807, 2.05) is 19.1 Å². The van der Waals surface area contributed by atoms with Gasteiger partial charge in [-0.25, -0.2) is 0 Å². The fourth-order valence-electron chi connectivity index (χ4n) is 3.76. The SMILES string of the molecule is COc1ccc(C(=O)COc2ccc3c(c2C)O/C(=C\c2ccc(C(C)(C)C)cc2)C3=O)cc1. The molecule has 5 heteroatoms. The maximum absolute atomic E-state index is 12.9. The number of carbonyl (C=O) groups is 2. The molecule has 0 amide bonds. The van der Waals surface area contributed by atoms with E-state index in [0.29, 0.717) is 33.9 Å². The van der Waals surface area contributed by atoms with Gasteiger partial charge < -0.3 is 14.2 Å². The lowest BCUT2D eigenvalue weighted by molar-refractivity contribution is 0.0920. The summed E-state index contributed by atoms with van der Waals surface area (Å²) >= 11 is 0. The minimum Gasteiger partial charge on any atom is -0.497 e. The molecule has 1 aliphatic rings. The van der Waals surface area contributed by atoms with Gasteiger partial charge in [-0.1, -0.05) is 45.0 Å². The number of ketones is 2. The predicted octanol–water partition coefficient (Wildman–Crippen LogP) is 6.18. The van der Waals surface area contributed by atoms with Gasteiger partial charge in [-0.15, -0.1) is 0 Å². The van der Waals surface area contributed by atoms with Crippen LogP contribution >= 0.6 is 0 Å². The number of rotatable bonds is 6. The predicted molar refractivity (Wildman–Crippen MR) is 132 cm³/mol. The Bertz CT molecular complexity index is 1260. The third-order valence-corrected chi connectivity index (χ3v) is 5.88. The van der Waals surface area contributed by atoms with Crippen LogP contribution in [0.4, 0.5) is 0 Å². The molecule has 1 heterocycles. The maximum Gasteiger partial charge on any atom is 0.231 e. The van der Waals surface area contributed by atoms with E-state index in [4.69, 9.17) is 14.2 Å². The van der Waals surface area contributed by atoms with Crippen LogP contribution in [0, 0.1) is 6.92 Å². The van der Waals surface area contributed by atoms with Crippen molar-refractivity contribution >= 4 is 17.6 Å². The zero-order chi connectivity index (χ0) is 24.5. The highest BCUT2D eigenvalue weighted by Crippen LogP contribution is 2.39. The normalized spacial score (nSPS) is 14.0. The van der Waals surface area contributed by atoms with E-state index < -0.39 is 0 Å². The third-order valence-electron chi connectivity index (χ3n) is 5.88. The Morgan fingerprint density at radius 1 is 0.971 bits per heavy atom. The highest BCUT2D eigenvalue weighted by molar-refractivity contribution is 6.15. The van der Waals surface area contributed by atoms with E-state index in [0.717, 1.165) is 5.56 Å². The quantitative estimate of drug-likeness (QED) is 0.327. The lowest BCUT2D eigenvalue weighted by atomic mass is 9.86. The van der Waals surface area contributed by atoms with Crippen LogP contribution in [0.15, 0.2) is 66.4 Å². The Morgan fingerprint density at radius 3 is 2.26 bits per heavy atom. The first kappa shape index (κ1) is 23.3. The molecule has 0 saturated heterocycles. The fraction of sp³-hybridized carbons (Fsp3) is 0.241. The van der Waals surface area contributed by atoms with E-state index in [1.165, 1.54) is 5.56 Å². The van der Waals surface area contributed by atoms with Gasteiger partial charge in [0, 0.05) is 11.1 Å². The lowest BCUT2D eigenvalue weighted by Gasteiger charge is -2.18. The zero-order valence-corrected chi connectivity index (χ0v) is 20.1. The van der Waals surface area contributed by atoms with E-state index in [9.17, 15) is 9.59 Å². The van der Waals surface area contributed by atoms with Crippen LogP contribution in [0.5, 0.6) is 17.2 Å². The Kier molecular flexibility index (Phi) is 6.29. The Balaban J connectivity index is 1.49. The largest absolute Gasteiger partial charge is 0.497 e. The van der Waals surface area contributed by atoms with Crippen molar-refractivity contribution in [2.24, 2.45) is 0 Å². The molecule has 0 atom stereocenters. The first-order chi connectivity index (χ1) is 16.2. The first-order valence-electron chi connectivity index (χ1n) is 11.2. The second-order valence-electron chi connectivity index (χ2n) is 9.32. The van der Waals surface area contributed by atoms with Crippen LogP contribution in [0.2, 0.25) is 0 Å². The number of benzene rings is 3. The molecule has 1 aliphatic heterocycles. The monoisotopic (exact) mass is 456 g/mol. The molecule has 3 aromatic carbocycles. The van der Waals surface area contributed by atoms with Gasteiger partial charge in [-0.2, -0.15) is 0 Å². The molecule has 34 heavy (non-hydrogen) atoms. The second-order valence-corrected chi connectivity index (χ2v) is 9.32. The Morgan fingerprint density at radius 2 is 1.65 bits per heavy atom. The first-order valence-corrected chi connectivity index (χ1v) is 11.2. The summed E-state index contributed by atoms with van der Waals surface area (Å²) in [5.41, 5.74) is 3.88. The maximum atomic E-state index is 12.9. The number of Topliss-reactive ketones (excluding diaryl/α,β-unsaturated/α-hetero) is 2. The Labute approximate surface area is 200 Å². The van der Waals surface area contributed by atoms with Crippen molar-refractivity contribution in [1.29, 1.82) is 0 Å². The summed E-state index contributed by atoms with van der Waals surface area (Å²) in [5, 5.41) is 0. The Hall–Kier alpha value is -3.86. The number of allylic oxidation sites excluding steroid dienone is 1. The zero-order valence-electron chi connectivity index (χ0n) is 20.1. The van der Waals surface area contributed by atoms with Crippen molar-refractivity contribution in [3.63, 3.8) is 0 Å². The summed E-state index contributed by atoms with van der Waals surface area (Å²) < 4.78 is 16.8. The van der Waals surface area contributed by atoms with E-state index >= 15 is 0 Å². The summed E-state index contributed by atoms with van der Waals surface area (Å²) in [5.74, 6) is 1.61. The molecule has 174 valence electrons. The van der Waals surface area contributed by atoms with Gasteiger partial charge in [0.25, 0.3) is 0 Å². The number of fused-ring (bicyclic) bond motifs is 1. The highest BCUT2D eigenvalue weighted by atomic mass is 16.5. The highest BCUT2D eigenvalue weighted by Gasteiger charge is 2.30. The van der Waals surface area contributed by atoms with Crippen molar-refractivity contribution in [1.82, 2.24) is 0 Å². The molecule has 3 aromatic rings. The second kappa shape index (κ2) is 9.18. The van der Waals surface area contributed by atoms with Gasteiger partial charge in [-0.05, 0) is 65.9 Å². The molecule has 0 saturated carbocycles. The molecule has 0 N–H and O–H groups in total. The van der Waals surface area contributed by atoms with Crippen LogP contribution in [0.25, 0.3) is 6.08 Å². The van der Waals surface area contributed by atoms with Crippen molar-refractivity contribution in [2.75, 3.05) is 13.7 Å². The van der Waals surface area contributed by atoms with Crippen molar-refractivity contribution in [2.45, 2.75) is 33.1 Å². The topological polar surface area (TPSA) is 61.8 Å². The minimum atomic E-state index is -0.168. The molecule has 0 radical (unpaired) electrons. The number of methoxy groups -OCH3 is 1. The summed E-state index contributed by atoms with van der Waals surface area (Å²) in [6.07, 6.45) is 1.75. The lowest BCUT2D eigenvalue weighted by Crippen LogP contribution is -2.12. The average Bonchev–Trinajstić information content (AvgIpc) is 3.14. The van der Waals surface area contributed by atoms with Gasteiger partial charge in [0.1, 0.15) is 17.2 Å². The van der Waals surface area contributed by atoms with Gasteiger partial charge in [-0.3, -0.25) is 9.59 Å². The molecule has 4 rings (SSSR count). The van der Waals surface area contributed by atoms with E-state index in [1.54, 1.807) is 49.6 Å². The molecule has 0 aromatic heterocycles. The molecule has 0 bridgehead atoms. The van der Waals surface area contributed by atoms with Crippen LogP contribution in [-0.2, 0) is 5.41 Å². The van der Waals surface area contributed by atoms with Crippen LogP contribution in [-0.4, -0.2) is 25.3 Å². The van der Waals surface area contributed by atoms with Crippen molar-refractivity contribution in [3.8, 4) is 17.2 Å². The molecule has 0 unspecified atom stereocenters. The van der Waals surface area contributed by atoms with Crippen molar-refractivity contribution < 1.29 is 23.8 Å². The van der Waals surface area contributed by atoms with Crippen LogP contribution < -0.4 is 14.2 Å². The van der Waals surface area contributed by atoms with Gasteiger partial charge in [0.15, 0.2) is 18.1 Å². The van der Waals surface area contributed by atoms with Gasteiger partial charge in [0.05, 0.1) is 12.7 Å². The van der Waals surface area contributed by atoms with E-state index in [2.05, 4.69) is 32.9 Å². The number of carbonyl (C=O) groups excluding carboxylic acids is 2. The van der Waals surface area contributed by atoms with Crippen molar-refractivity contribution in [3.05, 3.63) is 94.2 Å². The number of hydrogen-bond donors (Lipinski definition) is 0. The number of hydrogen-bond acceptors (Lipinski definition) is 5. The standard InChI is InChI=1S/C29H28O5/c1-18-25(33-17-24(30)20-8-12-22(32-5)13-9-20)15-14-23-27(31)26(34-28(18)23)16-19-6-10-21(11-7-19)29(2,3)4/h6-16H,17H2,1-5H3/b26-16-. The summed E-state index contributed by atoms with van der Waals surface area (Å²) in [6, 6.07) is 18.4. The summed E-state index contributed by atoms with van der Waals surface area (Å²) in [6.45, 7) is 8.18. The third kappa shape index (κ3) is 4.74. The molecule has 5 nitrogen and oxygen atoms in total. The van der Waals surface area contributed by atoms with Crippen LogP contribution in [0.1, 0.15) is 58.2 Å². The molecule has 0 fully saturated rings.